The summed E-state index contributed by atoms with van der Waals surface area (Å²) in [5.41, 5.74) is -0.624. The van der Waals surface area contributed by atoms with Crippen molar-refractivity contribution in [3.63, 3.8) is 0 Å². The number of nitrogens with one attached hydrogen (secondary N) is 1. The molecule has 0 amide bonds. The predicted octanol–water partition coefficient (Wildman–Crippen LogP) is 4.96. The molecular formula is C13H15ClF3N. The first-order chi connectivity index (χ1) is 8.24. The van der Waals surface area contributed by atoms with Gasteiger partial charge >= 0.3 is 6.18 Å². The van der Waals surface area contributed by atoms with E-state index < -0.39 is 11.7 Å². The number of para-hydroxylation sites is 1. The molecule has 1 N–H and O–H groups in total. The minimum atomic E-state index is -4.39. The molecule has 0 heterocycles. The van der Waals surface area contributed by atoms with Crippen molar-refractivity contribution >= 4 is 17.3 Å². The van der Waals surface area contributed by atoms with E-state index in [1.54, 1.807) is 0 Å². The number of hydrogen-bond acceptors (Lipinski definition) is 1. The Kier molecular flexibility index (Phi) is 3.26. The number of rotatable bonds is 3. The maximum Gasteiger partial charge on any atom is 0.418 e. The van der Waals surface area contributed by atoms with Gasteiger partial charge in [-0.2, -0.15) is 13.2 Å². The summed E-state index contributed by atoms with van der Waals surface area (Å²) in [6.07, 6.45) is -2.32. The molecule has 1 fully saturated rings. The molecule has 0 saturated heterocycles. The molecule has 0 aliphatic heterocycles. The first kappa shape index (κ1) is 13.5. The summed E-state index contributed by atoms with van der Waals surface area (Å²) in [6, 6.07) is 3.82. The van der Waals surface area contributed by atoms with Crippen LogP contribution in [0, 0.1) is 5.41 Å². The molecule has 2 rings (SSSR count). The third-order valence-corrected chi connectivity index (χ3v) is 4.08. The molecule has 0 bridgehead atoms. The molecule has 1 unspecified atom stereocenters. The van der Waals surface area contributed by atoms with Crippen molar-refractivity contribution < 1.29 is 13.2 Å². The van der Waals surface area contributed by atoms with Crippen LogP contribution in [0.2, 0.25) is 5.02 Å². The Balaban J connectivity index is 2.31. The van der Waals surface area contributed by atoms with Gasteiger partial charge in [-0.05, 0) is 37.3 Å². The average Bonchev–Trinajstić information content (AvgIpc) is 2.99. The summed E-state index contributed by atoms with van der Waals surface area (Å²) in [7, 11) is 0. The van der Waals surface area contributed by atoms with Crippen LogP contribution in [0.25, 0.3) is 0 Å². The molecule has 18 heavy (non-hydrogen) atoms. The summed E-state index contributed by atoms with van der Waals surface area (Å²) in [5.74, 6) is 0. The third kappa shape index (κ3) is 2.58. The van der Waals surface area contributed by atoms with Crippen LogP contribution < -0.4 is 5.32 Å². The quantitative estimate of drug-likeness (QED) is 0.823. The van der Waals surface area contributed by atoms with Gasteiger partial charge in [0.15, 0.2) is 0 Å². The van der Waals surface area contributed by atoms with Gasteiger partial charge in [0.25, 0.3) is 0 Å². The Hall–Kier alpha value is -0.900. The lowest BCUT2D eigenvalue weighted by Crippen LogP contribution is -2.26. The number of benzene rings is 1. The number of hydrogen-bond donors (Lipinski definition) is 1. The molecule has 1 nitrogen and oxygen atoms in total. The van der Waals surface area contributed by atoms with Gasteiger partial charge in [0.05, 0.1) is 16.3 Å². The fourth-order valence-electron chi connectivity index (χ4n) is 1.93. The second kappa shape index (κ2) is 4.34. The van der Waals surface area contributed by atoms with Crippen molar-refractivity contribution in [2.45, 2.75) is 38.9 Å². The predicted molar refractivity (Wildman–Crippen MR) is 66.9 cm³/mol. The maximum atomic E-state index is 12.9. The molecule has 1 atom stereocenters. The van der Waals surface area contributed by atoms with Crippen LogP contribution in [0.1, 0.15) is 32.3 Å². The van der Waals surface area contributed by atoms with Crippen molar-refractivity contribution in [2.75, 3.05) is 5.32 Å². The van der Waals surface area contributed by atoms with E-state index in [-0.39, 0.29) is 22.2 Å². The normalized spacial score (nSPS) is 19.4. The molecule has 1 aromatic rings. The lowest BCUT2D eigenvalue weighted by Gasteiger charge is -2.24. The molecule has 100 valence electrons. The van der Waals surface area contributed by atoms with Gasteiger partial charge in [-0.3, -0.25) is 0 Å². The fourth-order valence-corrected chi connectivity index (χ4v) is 2.16. The van der Waals surface area contributed by atoms with Gasteiger partial charge in [0.2, 0.25) is 0 Å². The van der Waals surface area contributed by atoms with Gasteiger partial charge in [0.1, 0.15) is 0 Å². The second-order valence-corrected chi connectivity index (χ2v) is 5.59. The van der Waals surface area contributed by atoms with E-state index >= 15 is 0 Å². The summed E-state index contributed by atoms with van der Waals surface area (Å²) < 4.78 is 38.7. The number of alkyl halides is 3. The number of halogens is 4. The van der Waals surface area contributed by atoms with Crippen LogP contribution in [0.4, 0.5) is 18.9 Å². The Bertz CT molecular complexity index is 452. The highest BCUT2D eigenvalue weighted by Crippen LogP contribution is 2.50. The molecule has 0 aromatic heterocycles. The highest BCUT2D eigenvalue weighted by Gasteiger charge is 2.43. The van der Waals surface area contributed by atoms with Crippen molar-refractivity contribution in [1.82, 2.24) is 0 Å². The van der Waals surface area contributed by atoms with Gasteiger partial charge in [0, 0.05) is 6.04 Å². The van der Waals surface area contributed by atoms with Crippen LogP contribution in [-0.2, 0) is 6.18 Å². The van der Waals surface area contributed by atoms with Crippen molar-refractivity contribution in [3.05, 3.63) is 28.8 Å². The molecule has 0 radical (unpaired) electrons. The van der Waals surface area contributed by atoms with Crippen LogP contribution in [0.15, 0.2) is 18.2 Å². The van der Waals surface area contributed by atoms with Crippen LogP contribution in [0.5, 0.6) is 0 Å². The summed E-state index contributed by atoms with van der Waals surface area (Å²) in [5, 5.41) is 3.05. The van der Waals surface area contributed by atoms with E-state index in [9.17, 15) is 13.2 Å². The summed E-state index contributed by atoms with van der Waals surface area (Å²) in [6.45, 7) is 3.96. The lowest BCUT2D eigenvalue weighted by atomic mass is 10.00. The smallest absolute Gasteiger partial charge is 0.380 e. The standard InChI is InChI=1S/C13H15ClF3N/c1-8(12(2)6-7-12)18-11-9(13(15,16)17)4-3-5-10(11)14/h3-5,8,18H,6-7H2,1-2H3. The average molecular weight is 278 g/mol. The SMILES string of the molecule is CC(Nc1c(Cl)cccc1C(F)(F)F)C1(C)CC1. The summed E-state index contributed by atoms with van der Waals surface area (Å²) >= 11 is 5.89. The van der Waals surface area contributed by atoms with Crippen molar-refractivity contribution in [1.29, 1.82) is 0 Å². The highest BCUT2D eigenvalue weighted by molar-refractivity contribution is 6.33. The largest absolute Gasteiger partial charge is 0.418 e. The van der Waals surface area contributed by atoms with E-state index in [4.69, 9.17) is 11.6 Å². The zero-order chi connectivity index (χ0) is 13.6. The molecule has 0 spiro atoms. The first-order valence-electron chi connectivity index (χ1n) is 5.86. The van der Waals surface area contributed by atoms with Crippen LogP contribution in [0.3, 0.4) is 0 Å². The molecule has 1 aromatic carbocycles. The van der Waals surface area contributed by atoms with E-state index in [1.165, 1.54) is 12.1 Å². The van der Waals surface area contributed by atoms with E-state index in [2.05, 4.69) is 12.2 Å². The zero-order valence-electron chi connectivity index (χ0n) is 10.2. The number of anilines is 1. The minimum absolute atomic E-state index is 0.00714. The van der Waals surface area contributed by atoms with Gasteiger partial charge < -0.3 is 5.32 Å². The highest BCUT2D eigenvalue weighted by atomic mass is 35.5. The molecule has 5 heteroatoms. The zero-order valence-corrected chi connectivity index (χ0v) is 11.0. The summed E-state index contributed by atoms with van der Waals surface area (Å²) in [4.78, 5) is 0. The van der Waals surface area contributed by atoms with Crippen LogP contribution in [-0.4, -0.2) is 6.04 Å². The Morgan fingerprint density at radius 1 is 1.33 bits per heavy atom. The van der Waals surface area contributed by atoms with E-state index in [0.29, 0.717) is 0 Å². The van der Waals surface area contributed by atoms with E-state index in [1.807, 2.05) is 6.92 Å². The Morgan fingerprint density at radius 2 is 1.94 bits per heavy atom. The Labute approximate surface area is 109 Å². The third-order valence-electron chi connectivity index (χ3n) is 3.76. The van der Waals surface area contributed by atoms with Gasteiger partial charge in [-0.25, -0.2) is 0 Å². The van der Waals surface area contributed by atoms with Gasteiger partial charge in [-0.1, -0.05) is 24.6 Å². The molecule has 1 saturated carbocycles. The van der Waals surface area contributed by atoms with Crippen LogP contribution >= 0.6 is 11.6 Å². The Morgan fingerprint density at radius 3 is 2.44 bits per heavy atom. The molecular weight excluding hydrogens is 263 g/mol. The minimum Gasteiger partial charge on any atom is -0.380 e. The van der Waals surface area contributed by atoms with Crippen molar-refractivity contribution in [2.24, 2.45) is 5.41 Å². The first-order valence-corrected chi connectivity index (χ1v) is 6.24. The maximum absolute atomic E-state index is 12.9. The van der Waals surface area contributed by atoms with E-state index in [0.717, 1.165) is 18.9 Å². The lowest BCUT2D eigenvalue weighted by molar-refractivity contribution is -0.137. The second-order valence-electron chi connectivity index (χ2n) is 5.18. The molecule has 1 aliphatic rings. The fraction of sp³-hybridized carbons (Fsp3) is 0.538. The van der Waals surface area contributed by atoms with Gasteiger partial charge in [-0.15, -0.1) is 0 Å². The monoisotopic (exact) mass is 277 g/mol. The van der Waals surface area contributed by atoms with Crippen molar-refractivity contribution in [3.8, 4) is 0 Å². The molecule has 1 aliphatic carbocycles. The topological polar surface area (TPSA) is 12.0 Å².